The maximum absolute atomic E-state index is 11.9. The van der Waals surface area contributed by atoms with Crippen molar-refractivity contribution in [1.29, 1.82) is 0 Å². The fourth-order valence-electron chi connectivity index (χ4n) is 6.29. The number of hydrogen-bond acceptors (Lipinski definition) is 2. The van der Waals surface area contributed by atoms with Crippen LogP contribution >= 0.6 is 7.26 Å². The van der Waals surface area contributed by atoms with Gasteiger partial charge in [-0.25, -0.2) is 0 Å². The molecule has 176 valence electrons. The van der Waals surface area contributed by atoms with Crippen molar-refractivity contribution in [2.24, 2.45) is 5.73 Å². The fourth-order valence-corrected chi connectivity index (χ4v) is 13.7. The van der Waals surface area contributed by atoms with Crippen molar-refractivity contribution in [3.05, 3.63) is 42.2 Å². The Kier molecular flexibility index (Phi) is 12.7. The number of ketones is 1. The molecule has 0 bridgehead atoms. The Morgan fingerprint density at radius 2 is 2.00 bits per heavy atom. The van der Waals surface area contributed by atoms with Crippen molar-refractivity contribution in [3.8, 4) is 0 Å². The number of allylic oxidation sites excluding steroid dienone is 5. The molecular formula is C28H48NOP. The molecule has 2 N–H and O–H groups in total. The SMILES string of the molecule is CCCCC(CC)[PH](C/C=C/CCC(=O)CCN)(C1CCCCC1)[C@H]1C=CC=C=CC1. The normalized spacial score (nSPS) is 21.5. The first-order valence-corrected chi connectivity index (χ1v) is 15.6. The van der Waals surface area contributed by atoms with Gasteiger partial charge in [-0.1, -0.05) is 0 Å². The van der Waals surface area contributed by atoms with Gasteiger partial charge in [-0.15, -0.1) is 0 Å². The summed E-state index contributed by atoms with van der Waals surface area (Å²) in [4.78, 5) is 11.9. The van der Waals surface area contributed by atoms with E-state index in [9.17, 15) is 4.79 Å². The molecule has 0 heterocycles. The number of unbranched alkanes of at least 4 members (excludes halogenated alkanes) is 1. The molecule has 0 aromatic heterocycles. The van der Waals surface area contributed by atoms with Crippen molar-refractivity contribution in [3.63, 3.8) is 0 Å². The Labute approximate surface area is 192 Å². The van der Waals surface area contributed by atoms with Crippen LogP contribution in [0.1, 0.15) is 97.3 Å². The Hall–Kier alpha value is -0.940. The van der Waals surface area contributed by atoms with Gasteiger partial charge < -0.3 is 0 Å². The van der Waals surface area contributed by atoms with Crippen molar-refractivity contribution < 1.29 is 4.79 Å². The average Bonchev–Trinajstić information content (AvgIpc) is 3.08. The molecule has 1 unspecified atom stereocenters. The molecule has 0 spiro atoms. The molecule has 0 aromatic rings. The third kappa shape index (κ3) is 7.85. The number of carbonyl (C=O) groups is 1. The molecule has 0 radical (unpaired) electrons. The third-order valence-electron chi connectivity index (χ3n) is 7.89. The molecule has 2 nitrogen and oxygen atoms in total. The Morgan fingerprint density at radius 3 is 2.71 bits per heavy atom. The van der Waals surface area contributed by atoms with E-state index >= 15 is 0 Å². The van der Waals surface area contributed by atoms with Gasteiger partial charge in [0, 0.05) is 0 Å². The zero-order chi connectivity index (χ0) is 22.4. The summed E-state index contributed by atoms with van der Waals surface area (Å²) in [5.41, 5.74) is 11.4. The van der Waals surface area contributed by atoms with Crippen LogP contribution in [0.2, 0.25) is 0 Å². The Balaban J connectivity index is 2.30. The predicted octanol–water partition coefficient (Wildman–Crippen LogP) is 7.33. The topological polar surface area (TPSA) is 43.1 Å². The third-order valence-corrected chi connectivity index (χ3v) is 15.0. The van der Waals surface area contributed by atoms with Crippen LogP contribution in [0.5, 0.6) is 0 Å². The van der Waals surface area contributed by atoms with Crippen LogP contribution in [0, 0.1) is 0 Å². The van der Waals surface area contributed by atoms with E-state index in [1.807, 2.05) is 0 Å². The first-order chi connectivity index (χ1) is 15.2. The second kappa shape index (κ2) is 15.0. The summed E-state index contributed by atoms with van der Waals surface area (Å²) in [6, 6.07) is 0. The van der Waals surface area contributed by atoms with Gasteiger partial charge in [-0.2, -0.15) is 0 Å². The molecule has 2 rings (SSSR count). The van der Waals surface area contributed by atoms with Gasteiger partial charge in [0.1, 0.15) is 0 Å². The number of nitrogens with two attached hydrogens (primary N) is 1. The molecule has 0 saturated heterocycles. The summed E-state index contributed by atoms with van der Waals surface area (Å²) in [6.07, 6.45) is 31.1. The van der Waals surface area contributed by atoms with Gasteiger partial charge in [-0.3, -0.25) is 0 Å². The maximum atomic E-state index is 11.9. The summed E-state index contributed by atoms with van der Waals surface area (Å²) < 4.78 is 0. The molecule has 0 aliphatic heterocycles. The number of carbonyl (C=O) groups excluding carboxylic acids is 1. The molecule has 3 heteroatoms. The fraction of sp³-hybridized carbons (Fsp3) is 0.714. The van der Waals surface area contributed by atoms with Crippen LogP contribution in [-0.2, 0) is 4.79 Å². The Morgan fingerprint density at radius 1 is 1.19 bits per heavy atom. The van der Waals surface area contributed by atoms with Gasteiger partial charge in [0.05, 0.1) is 0 Å². The number of Topliss-reactive ketones (excluding diaryl/α,β-unsaturated/α-hetero) is 1. The monoisotopic (exact) mass is 445 g/mol. The van der Waals surface area contributed by atoms with E-state index < -0.39 is 7.26 Å². The molecule has 2 aliphatic carbocycles. The number of rotatable bonds is 14. The predicted molar refractivity (Wildman–Crippen MR) is 141 cm³/mol. The average molecular weight is 446 g/mol. The second-order valence-electron chi connectivity index (χ2n) is 9.75. The minimum atomic E-state index is -1.65. The molecule has 1 saturated carbocycles. The van der Waals surface area contributed by atoms with E-state index in [0.717, 1.165) is 17.7 Å². The zero-order valence-electron chi connectivity index (χ0n) is 20.3. The van der Waals surface area contributed by atoms with E-state index in [4.69, 9.17) is 5.73 Å². The zero-order valence-corrected chi connectivity index (χ0v) is 21.3. The van der Waals surface area contributed by atoms with Gasteiger partial charge in [0.25, 0.3) is 0 Å². The standard InChI is InChI=1S/C28H48NOP/c1-3-5-17-26(4-2)31(28-20-13-8-14-21-28,27-18-11-6-7-12-19-27)24-15-9-10-16-25(30)22-23-29/h6,9,11-12,15,18,26-28,31H,3-5,8,10,13-14,16-17,19-24,29H2,1-2H3/b15-9+/t26?,27-/m0/s1. The van der Waals surface area contributed by atoms with Crippen LogP contribution in [0.4, 0.5) is 0 Å². The Bertz CT molecular complexity index is 639. The van der Waals surface area contributed by atoms with Crippen LogP contribution < -0.4 is 5.73 Å². The van der Waals surface area contributed by atoms with E-state index in [2.05, 4.69) is 56.0 Å². The molecule has 0 amide bonds. The van der Waals surface area contributed by atoms with E-state index in [-0.39, 0.29) is 0 Å². The van der Waals surface area contributed by atoms with Crippen molar-refractivity contribution >= 4 is 13.0 Å². The molecule has 31 heavy (non-hydrogen) atoms. The van der Waals surface area contributed by atoms with E-state index in [1.54, 1.807) is 0 Å². The number of hydrogen-bond donors (Lipinski definition) is 1. The molecule has 0 aromatic carbocycles. The summed E-state index contributed by atoms with van der Waals surface area (Å²) in [5.74, 6) is 0.306. The summed E-state index contributed by atoms with van der Waals surface area (Å²) in [5, 5.41) is 0. The minimum absolute atomic E-state index is 0.306. The van der Waals surface area contributed by atoms with Gasteiger partial charge in [0.15, 0.2) is 0 Å². The van der Waals surface area contributed by atoms with Crippen LogP contribution in [0.25, 0.3) is 0 Å². The molecule has 2 aliphatic rings. The van der Waals surface area contributed by atoms with Crippen molar-refractivity contribution in [2.45, 2.75) is 114 Å². The second-order valence-corrected chi connectivity index (χ2v) is 14.8. The summed E-state index contributed by atoms with van der Waals surface area (Å²) in [6.45, 7) is 5.27. The van der Waals surface area contributed by atoms with Crippen LogP contribution in [-0.4, -0.2) is 35.5 Å². The first-order valence-electron chi connectivity index (χ1n) is 13.1. The van der Waals surface area contributed by atoms with Crippen molar-refractivity contribution in [1.82, 2.24) is 0 Å². The van der Waals surface area contributed by atoms with E-state index in [0.29, 0.717) is 30.8 Å². The first kappa shape index (κ1) is 26.3. The molecule has 2 atom stereocenters. The van der Waals surface area contributed by atoms with Gasteiger partial charge >= 0.3 is 193 Å². The van der Waals surface area contributed by atoms with Crippen LogP contribution in [0.3, 0.4) is 0 Å². The van der Waals surface area contributed by atoms with E-state index in [1.165, 1.54) is 70.4 Å². The molecule has 1 fully saturated rings. The van der Waals surface area contributed by atoms with Crippen LogP contribution in [0.15, 0.2) is 42.2 Å². The van der Waals surface area contributed by atoms with Crippen molar-refractivity contribution in [2.75, 3.05) is 12.7 Å². The molecular weight excluding hydrogens is 397 g/mol. The van der Waals surface area contributed by atoms with Gasteiger partial charge in [-0.05, 0) is 0 Å². The quantitative estimate of drug-likeness (QED) is 0.173. The summed E-state index contributed by atoms with van der Waals surface area (Å²) in [7, 11) is -1.65. The van der Waals surface area contributed by atoms with Gasteiger partial charge in [0.2, 0.25) is 0 Å². The summed E-state index contributed by atoms with van der Waals surface area (Å²) >= 11 is 0.